The molecule has 2 fully saturated rings. The number of benzene rings is 3. The van der Waals surface area contributed by atoms with Crippen molar-refractivity contribution in [2.45, 2.75) is 6.92 Å². The first-order valence-electron chi connectivity index (χ1n) is 11.8. The number of carbonyl (C=O) groups is 2. The number of imide groups is 1. The third kappa shape index (κ3) is 2.98. The summed E-state index contributed by atoms with van der Waals surface area (Å²) in [5, 5.41) is 0. The van der Waals surface area contributed by atoms with Gasteiger partial charge in [0.1, 0.15) is 5.75 Å². The van der Waals surface area contributed by atoms with Gasteiger partial charge < -0.3 is 4.74 Å². The molecule has 3 aliphatic rings. The molecule has 6 rings (SSSR count). The van der Waals surface area contributed by atoms with Crippen LogP contribution in [0.2, 0.25) is 0 Å². The van der Waals surface area contributed by atoms with Crippen LogP contribution in [0.5, 0.6) is 5.75 Å². The number of anilines is 1. The van der Waals surface area contributed by atoms with Crippen molar-refractivity contribution in [1.82, 2.24) is 0 Å². The summed E-state index contributed by atoms with van der Waals surface area (Å²) in [6.45, 7) is 2.37. The van der Waals surface area contributed by atoms with Gasteiger partial charge in [-0.1, -0.05) is 84.9 Å². The van der Waals surface area contributed by atoms with Gasteiger partial charge in [0.2, 0.25) is 11.8 Å². The smallest absolute Gasteiger partial charge is 0.238 e. The quantitative estimate of drug-likeness (QED) is 0.383. The lowest BCUT2D eigenvalue weighted by molar-refractivity contribution is -0.123. The molecule has 168 valence electrons. The van der Waals surface area contributed by atoms with Crippen LogP contribution in [0.25, 0.3) is 5.57 Å². The van der Waals surface area contributed by atoms with Crippen LogP contribution in [-0.2, 0) is 9.59 Å². The molecule has 4 nitrogen and oxygen atoms in total. The number of hydrogen-bond donors (Lipinski definition) is 0. The van der Waals surface area contributed by atoms with Crippen LogP contribution in [-0.4, -0.2) is 18.4 Å². The first kappa shape index (κ1) is 20.7. The number of para-hydroxylation sites is 2. The van der Waals surface area contributed by atoms with Crippen molar-refractivity contribution >= 4 is 23.1 Å². The number of rotatable bonds is 5. The number of ether oxygens (including phenoxy) is 1. The van der Waals surface area contributed by atoms with Crippen LogP contribution < -0.4 is 9.64 Å². The molecule has 1 saturated carbocycles. The average molecular weight is 448 g/mol. The maximum absolute atomic E-state index is 13.8. The summed E-state index contributed by atoms with van der Waals surface area (Å²) in [6.07, 6.45) is 4.27. The van der Waals surface area contributed by atoms with E-state index in [0.717, 1.165) is 16.7 Å². The van der Waals surface area contributed by atoms with Crippen LogP contribution in [0, 0.1) is 23.7 Å². The van der Waals surface area contributed by atoms with Crippen molar-refractivity contribution in [1.29, 1.82) is 0 Å². The monoisotopic (exact) mass is 447 g/mol. The van der Waals surface area contributed by atoms with E-state index >= 15 is 0 Å². The second kappa shape index (κ2) is 8.14. The van der Waals surface area contributed by atoms with Gasteiger partial charge in [-0.3, -0.25) is 9.59 Å². The lowest BCUT2D eigenvalue weighted by Gasteiger charge is -2.23. The Kier molecular flexibility index (Phi) is 4.95. The Balaban J connectivity index is 1.47. The van der Waals surface area contributed by atoms with E-state index in [1.54, 1.807) is 6.07 Å². The second-order valence-electron chi connectivity index (χ2n) is 8.96. The van der Waals surface area contributed by atoms with E-state index in [2.05, 4.69) is 36.4 Å². The molecule has 0 radical (unpaired) electrons. The van der Waals surface area contributed by atoms with E-state index in [1.807, 2.05) is 61.5 Å². The first-order chi connectivity index (χ1) is 16.7. The largest absolute Gasteiger partial charge is 0.492 e. The zero-order valence-corrected chi connectivity index (χ0v) is 18.9. The number of nitrogens with zero attached hydrogens (tertiary/aromatic N) is 1. The molecule has 0 spiro atoms. The Labute approximate surface area is 199 Å². The molecule has 3 aromatic carbocycles. The van der Waals surface area contributed by atoms with E-state index in [1.165, 1.54) is 10.5 Å². The van der Waals surface area contributed by atoms with Crippen molar-refractivity contribution in [3.8, 4) is 5.75 Å². The highest BCUT2D eigenvalue weighted by molar-refractivity contribution is 6.24. The average Bonchev–Trinajstić information content (AvgIpc) is 3.51. The molecule has 1 saturated heterocycles. The van der Waals surface area contributed by atoms with Crippen LogP contribution in [0.15, 0.2) is 103 Å². The normalized spacial score (nSPS) is 24.6. The lowest BCUT2D eigenvalue weighted by atomic mass is 9.85. The standard InChI is InChI=1S/C30H25NO3/c1-2-34-24-16-10-9-15-23(24)31-29(32)27-21-17-18-22(28(27)30(31)33)26(21)25(19-11-5-3-6-12-19)20-13-7-4-8-14-20/h3-18,21-22,27-28H,2H2,1H3/t21-,22-,27+,28+/m0/s1. The van der Waals surface area contributed by atoms with E-state index < -0.39 is 0 Å². The summed E-state index contributed by atoms with van der Waals surface area (Å²) in [6, 6.07) is 27.9. The molecular weight excluding hydrogens is 422 g/mol. The minimum atomic E-state index is -0.380. The Hall–Kier alpha value is -3.92. The maximum atomic E-state index is 13.8. The number of amides is 2. The first-order valence-corrected chi connectivity index (χ1v) is 11.8. The van der Waals surface area contributed by atoms with Gasteiger partial charge in [0.05, 0.1) is 24.1 Å². The number of allylic oxidation sites excluding steroid dienone is 3. The molecule has 4 atom stereocenters. The molecule has 2 aliphatic carbocycles. The third-order valence-electron chi connectivity index (χ3n) is 7.24. The fraction of sp³-hybridized carbons (Fsp3) is 0.200. The summed E-state index contributed by atoms with van der Waals surface area (Å²) >= 11 is 0. The molecular formula is C30H25NO3. The third-order valence-corrected chi connectivity index (χ3v) is 7.24. The van der Waals surface area contributed by atoms with E-state index in [0.29, 0.717) is 18.0 Å². The molecule has 4 heteroatoms. The molecule has 3 aromatic rings. The fourth-order valence-electron chi connectivity index (χ4n) is 5.96. The van der Waals surface area contributed by atoms with Crippen molar-refractivity contribution in [3.63, 3.8) is 0 Å². The number of hydrogen-bond acceptors (Lipinski definition) is 3. The second-order valence-corrected chi connectivity index (χ2v) is 8.96. The van der Waals surface area contributed by atoms with Gasteiger partial charge in [-0.15, -0.1) is 0 Å². The predicted octanol–water partition coefficient (Wildman–Crippen LogP) is 5.51. The highest BCUT2D eigenvalue weighted by atomic mass is 16.5. The maximum Gasteiger partial charge on any atom is 0.238 e. The fourth-order valence-corrected chi connectivity index (χ4v) is 5.96. The molecule has 0 unspecified atom stereocenters. The molecule has 1 aliphatic heterocycles. The molecule has 2 amide bonds. The van der Waals surface area contributed by atoms with Crippen molar-refractivity contribution in [3.05, 3.63) is 114 Å². The van der Waals surface area contributed by atoms with Crippen LogP contribution in [0.3, 0.4) is 0 Å². The minimum Gasteiger partial charge on any atom is -0.492 e. The summed E-state index contributed by atoms with van der Waals surface area (Å²) in [4.78, 5) is 28.9. The van der Waals surface area contributed by atoms with Crippen LogP contribution in [0.4, 0.5) is 5.69 Å². The zero-order chi connectivity index (χ0) is 23.2. The van der Waals surface area contributed by atoms with Gasteiger partial charge in [0.15, 0.2) is 0 Å². The van der Waals surface area contributed by atoms with Gasteiger partial charge in [0.25, 0.3) is 0 Å². The van der Waals surface area contributed by atoms with Gasteiger partial charge in [-0.2, -0.15) is 0 Å². The highest BCUT2D eigenvalue weighted by Crippen LogP contribution is 2.59. The van der Waals surface area contributed by atoms with E-state index in [-0.39, 0.29) is 35.5 Å². The number of fused-ring (bicyclic) bond motifs is 5. The van der Waals surface area contributed by atoms with Crippen molar-refractivity contribution in [2.75, 3.05) is 11.5 Å². The summed E-state index contributed by atoms with van der Waals surface area (Å²) in [5.41, 5.74) is 5.09. The molecule has 34 heavy (non-hydrogen) atoms. The molecule has 2 bridgehead atoms. The Morgan fingerprint density at radius 3 is 1.76 bits per heavy atom. The SMILES string of the molecule is CCOc1ccccc1N1C(=O)[C@H]2[C@H](C1=O)[C@H]1C=C[C@H]2C1=C(c1ccccc1)c1ccccc1. The number of carbonyl (C=O) groups excluding carboxylic acids is 2. The zero-order valence-electron chi connectivity index (χ0n) is 18.9. The van der Waals surface area contributed by atoms with Gasteiger partial charge in [-0.25, -0.2) is 4.90 Å². The van der Waals surface area contributed by atoms with Crippen molar-refractivity contribution < 1.29 is 14.3 Å². The predicted molar refractivity (Wildman–Crippen MR) is 132 cm³/mol. The minimum absolute atomic E-state index is 0.0916. The summed E-state index contributed by atoms with van der Waals surface area (Å²) in [7, 11) is 0. The molecule has 1 heterocycles. The van der Waals surface area contributed by atoms with E-state index in [9.17, 15) is 9.59 Å². The van der Waals surface area contributed by atoms with Crippen LogP contribution >= 0.6 is 0 Å². The van der Waals surface area contributed by atoms with E-state index in [4.69, 9.17) is 4.74 Å². The van der Waals surface area contributed by atoms with Crippen LogP contribution in [0.1, 0.15) is 18.1 Å². The lowest BCUT2D eigenvalue weighted by Crippen LogP contribution is -2.33. The Morgan fingerprint density at radius 1 is 0.735 bits per heavy atom. The summed E-state index contributed by atoms with van der Waals surface area (Å²) in [5.74, 6) is -0.632. The van der Waals surface area contributed by atoms with Crippen molar-refractivity contribution in [2.24, 2.45) is 23.7 Å². The van der Waals surface area contributed by atoms with Gasteiger partial charge >= 0.3 is 0 Å². The summed E-state index contributed by atoms with van der Waals surface area (Å²) < 4.78 is 5.74. The molecule has 0 N–H and O–H groups in total. The Bertz CT molecular complexity index is 1250. The Morgan fingerprint density at radius 2 is 1.24 bits per heavy atom. The highest BCUT2D eigenvalue weighted by Gasteiger charge is 2.62. The topological polar surface area (TPSA) is 46.6 Å². The molecule has 0 aromatic heterocycles. The van der Waals surface area contributed by atoms with Gasteiger partial charge in [0, 0.05) is 11.8 Å². The van der Waals surface area contributed by atoms with Gasteiger partial charge in [-0.05, 0) is 41.3 Å².